The van der Waals surface area contributed by atoms with Gasteiger partial charge in [0.1, 0.15) is 5.82 Å². The molecule has 2 amide bonds. The molecule has 0 unspecified atom stereocenters. The molecule has 1 fully saturated rings. The smallest absolute Gasteiger partial charge is 0.221 e. The van der Waals surface area contributed by atoms with Crippen molar-refractivity contribution in [1.29, 1.82) is 0 Å². The number of hydrogen-bond acceptors (Lipinski definition) is 5. The van der Waals surface area contributed by atoms with Gasteiger partial charge in [-0.3, -0.25) is 9.59 Å². The molecule has 7 heteroatoms. The second kappa shape index (κ2) is 8.03. The fraction of sp³-hybridized carbons (Fsp3) is 0.533. The van der Waals surface area contributed by atoms with Gasteiger partial charge in [0.2, 0.25) is 11.8 Å². The van der Waals surface area contributed by atoms with Gasteiger partial charge >= 0.3 is 0 Å². The predicted molar refractivity (Wildman–Crippen MR) is 88.7 cm³/mol. The number of thiol groups is 1. The summed E-state index contributed by atoms with van der Waals surface area (Å²) in [7, 11) is 0. The molecule has 1 aromatic rings. The molecule has 0 radical (unpaired) electrons. The Morgan fingerprint density at radius 1 is 1.41 bits per heavy atom. The van der Waals surface area contributed by atoms with Gasteiger partial charge in [-0.15, -0.1) is 0 Å². The summed E-state index contributed by atoms with van der Waals surface area (Å²) in [6.45, 7) is 1.95. The monoisotopic (exact) mass is 322 g/mol. The van der Waals surface area contributed by atoms with Crippen LogP contribution in [0.25, 0.3) is 0 Å². The van der Waals surface area contributed by atoms with E-state index in [-0.39, 0.29) is 17.7 Å². The molecule has 22 heavy (non-hydrogen) atoms. The lowest BCUT2D eigenvalue weighted by molar-refractivity contribution is -0.122. The first-order valence-electron chi connectivity index (χ1n) is 7.47. The minimum absolute atomic E-state index is 0.0164. The quantitative estimate of drug-likeness (QED) is 0.673. The average molecular weight is 322 g/mol. The predicted octanol–water partition coefficient (Wildman–Crippen LogP) is 0.719. The van der Waals surface area contributed by atoms with Crippen LogP contribution in [0.15, 0.2) is 18.3 Å². The number of nitrogens with one attached hydrogen (secondary N) is 1. The maximum Gasteiger partial charge on any atom is 0.221 e. The van der Waals surface area contributed by atoms with Crippen molar-refractivity contribution in [2.45, 2.75) is 25.8 Å². The standard InChI is InChI=1S/C15H22N4O2S/c16-14(21)11-3-7-19(8-4-11)15-12(2-1-6-17-15)10-18-13(20)5-9-22/h1-2,6,11,22H,3-5,7-10H2,(H2,16,21)(H,18,20). The Hall–Kier alpha value is -1.76. The molecule has 1 aliphatic heterocycles. The molecule has 0 atom stereocenters. The molecule has 6 nitrogen and oxygen atoms in total. The Kier molecular flexibility index (Phi) is 6.06. The van der Waals surface area contributed by atoms with Gasteiger partial charge in [-0.1, -0.05) is 6.07 Å². The highest BCUT2D eigenvalue weighted by atomic mass is 32.1. The van der Waals surface area contributed by atoms with Crippen molar-refractivity contribution < 1.29 is 9.59 Å². The third-order valence-corrected chi connectivity index (χ3v) is 4.10. The van der Waals surface area contributed by atoms with E-state index in [0.29, 0.717) is 18.7 Å². The van der Waals surface area contributed by atoms with Gasteiger partial charge in [-0.05, 0) is 24.7 Å². The van der Waals surface area contributed by atoms with E-state index >= 15 is 0 Å². The zero-order chi connectivity index (χ0) is 15.9. The van der Waals surface area contributed by atoms with E-state index in [9.17, 15) is 9.59 Å². The number of carbonyl (C=O) groups excluding carboxylic acids is 2. The molecule has 1 aromatic heterocycles. The third kappa shape index (κ3) is 4.37. The Bertz CT molecular complexity index is 530. The van der Waals surface area contributed by atoms with E-state index in [4.69, 9.17) is 5.73 Å². The average Bonchev–Trinajstić information content (AvgIpc) is 2.53. The van der Waals surface area contributed by atoms with Crippen molar-refractivity contribution in [1.82, 2.24) is 10.3 Å². The van der Waals surface area contributed by atoms with E-state index in [1.807, 2.05) is 12.1 Å². The Labute approximate surface area is 135 Å². The van der Waals surface area contributed by atoms with Crippen LogP contribution < -0.4 is 16.0 Å². The zero-order valence-electron chi connectivity index (χ0n) is 12.5. The number of amides is 2. The summed E-state index contributed by atoms with van der Waals surface area (Å²) in [5.41, 5.74) is 6.34. The van der Waals surface area contributed by atoms with E-state index in [2.05, 4.69) is 27.8 Å². The number of primary amides is 1. The van der Waals surface area contributed by atoms with Crippen LogP contribution in [0.1, 0.15) is 24.8 Å². The molecule has 0 bridgehead atoms. The molecular formula is C15H22N4O2S. The van der Waals surface area contributed by atoms with Gasteiger partial charge in [0.15, 0.2) is 0 Å². The van der Waals surface area contributed by atoms with Crippen LogP contribution in [-0.4, -0.2) is 35.6 Å². The van der Waals surface area contributed by atoms with Crippen LogP contribution >= 0.6 is 12.6 Å². The molecular weight excluding hydrogens is 300 g/mol. The van der Waals surface area contributed by atoms with Crippen molar-refractivity contribution in [3.05, 3.63) is 23.9 Å². The third-order valence-electron chi connectivity index (χ3n) is 3.88. The van der Waals surface area contributed by atoms with E-state index in [0.717, 1.165) is 37.3 Å². The van der Waals surface area contributed by atoms with E-state index in [1.165, 1.54) is 0 Å². The zero-order valence-corrected chi connectivity index (χ0v) is 13.4. The highest BCUT2D eigenvalue weighted by Crippen LogP contribution is 2.24. The number of nitrogens with zero attached hydrogens (tertiary/aromatic N) is 2. The van der Waals surface area contributed by atoms with Gasteiger partial charge in [0, 0.05) is 43.7 Å². The molecule has 1 aliphatic rings. The van der Waals surface area contributed by atoms with Crippen molar-refractivity contribution in [3.63, 3.8) is 0 Å². The molecule has 0 saturated carbocycles. The summed E-state index contributed by atoms with van der Waals surface area (Å²) in [5.74, 6) is 1.12. The van der Waals surface area contributed by atoms with Crippen LogP contribution in [0.2, 0.25) is 0 Å². The minimum Gasteiger partial charge on any atom is -0.369 e. The molecule has 120 valence electrons. The molecule has 3 N–H and O–H groups in total. The van der Waals surface area contributed by atoms with Gasteiger partial charge < -0.3 is 16.0 Å². The maximum absolute atomic E-state index is 11.6. The number of pyridine rings is 1. The van der Waals surface area contributed by atoms with Crippen LogP contribution in [0.4, 0.5) is 5.82 Å². The largest absolute Gasteiger partial charge is 0.369 e. The summed E-state index contributed by atoms with van der Waals surface area (Å²) < 4.78 is 0. The first-order valence-corrected chi connectivity index (χ1v) is 8.10. The molecule has 0 spiro atoms. The van der Waals surface area contributed by atoms with Gasteiger partial charge in [0.05, 0.1) is 0 Å². The summed E-state index contributed by atoms with van der Waals surface area (Å²) >= 11 is 4.05. The lowest BCUT2D eigenvalue weighted by Gasteiger charge is -2.32. The SMILES string of the molecule is NC(=O)C1CCN(c2ncccc2CNC(=O)CCS)CC1. The van der Waals surface area contributed by atoms with Gasteiger partial charge in [-0.2, -0.15) is 12.6 Å². The lowest BCUT2D eigenvalue weighted by Crippen LogP contribution is -2.39. The summed E-state index contributed by atoms with van der Waals surface area (Å²) in [6.07, 6.45) is 3.64. The summed E-state index contributed by atoms with van der Waals surface area (Å²) in [6, 6.07) is 3.82. The Morgan fingerprint density at radius 2 is 2.14 bits per heavy atom. The Balaban J connectivity index is 1.99. The second-order valence-corrected chi connectivity index (χ2v) is 5.85. The number of rotatable bonds is 6. The maximum atomic E-state index is 11.6. The van der Waals surface area contributed by atoms with Crippen molar-refractivity contribution in [2.24, 2.45) is 11.7 Å². The van der Waals surface area contributed by atoms with E-state index in [1.54, 1.807) is 6.20 Å². The van der Waals surface area contributed by atoms with Crippen LogP contribution in [-0.2, 0) is 16.1 Å². The summed E-state index contributed by atoms with van der Waals surface area (Å²) in [5, 5.41) is 2.88. The first-order chi connectivity index (χ1) is 10.6. The number of piperidine rings is 1. The van der Waals surface area contributed by atoms with E-state index < -0.39 is 0 Å². The topological polar surface area (TPSA) is 88.3 Å². The van der Waals surface area contributed by atoms with Gasteiger partial charge in [-0.25, -0.2) is 4.98 Å². The number of aromatic nitrogens is 1. The van der Waals surface area contributed by atoms with Gasteiger partial charge in [0.25, 0.3) is 0 Å². The molecule has 2 heterocycles. The normalized spacial score (nSPS) is 15.6. The fourth-order valence-corrected chi connectivity index (χ4v) is 2.82. The Morgan fingerprint density at radius 3 is 2.77 bits per heavy atom. The fourth-order valence-electron chi connectivity index (χ4n) is 2.61. The van der Waals surface area contributed by atoms with Crippen LogP contribution in [0, 0.1) is 5.92 Å². The van der Waals surface area contributed by atoms with Crippen molar-refractivity contribution in [2.75, 3.05) is 23.7 Å². The number of nitrogens with two attached hydrogens (primary N) is 1. The minimum atomic E-state index is -0.222. The highest BCUT2D eigenvalue weighted by molar-refractivity contribution is 7.80. The number of carbonyl (C=O) groups is 2. The summed E-state index contributed by atoms with van der Waals surface area (Å²) in [4.78, 5) is 29.4. The number of hydrogen-bond donors (Lipinski definition) is 3. The number of anilines is 1. The molecule has 2 rings (SSSR count). The van der Waals surface area contributed by atoms with Crippen molar-refractivity contribution in [3.8, 4) is 0 Å². The molecule has 0 aromatic carbocycles. The van der Waals surface area contributed by atoms with Crippen molar-refractivity contribution >= 4 is 30.3 Å². The van der Waals surface area contributed by atoms with Crippen LogP contribution in [0.3, 0.4) is 0 Å². The molecule has 0 aliphatic carbocycles. The second-order valence-electron chi connectivity index (χ2n) is 5.40. The lowest BCUT2D eigenvalue weighted by atomic mass is 9.96. The molecule has 1 saturated heterocycles. The first kappa shape index (κ1) is 16.6. The van der Waals surface area contributed by atoms with Crippen LogP contribution in [0.5, 0.6) is 0 Å². The highest BCUT2D eigenvalue weighted by Gasteiger charge is 2.24.